The first-order valence-corrected chi connectivity index (χ1v) is 6.87. The second-order valence-electron chi connectivity index (χ2n) is 5.07. The smallest absolute Gasteiger partial charge is 0.217 e. The summed E-state index contributed by atoms with van der Waals surface area (Å²) in [6.45, 7) is 0.285. The Morgan fingerprint density at radius 3 is 2.57 bits per heavy atom. The monoisotopic (exact) mass is 275 g/mol. The predicted molar refractivity (Wildman–Crippen MR) is 82.5 cm³/mol. The molecule has 0 N–H and O–H groups in total. The van der Waals surface area contributed by atoms with Gasteiger partial charge in [-0.25, -0.2) is 0 Å². The molecule has 0 aliphatic carbocycles. The molecule has 102 valence electrons. The van der Waals surface area contributed by atoms with E-state index in [2.05, 4.69) is 0 Å². The summed E-state index contributed by atoms with van der Waals surface area (Å²) in [5.41, 5.74) is 1.81. The van der Waals surface area contributed by atoms with Gasteiger partial charge in [0, 0.05) is 17.1 Å². The predicted octanol–water partition coefficient (Wildman–Crippen LogP) is 4.27. The van der Waals surface area contributed by atoms with E-state index in [1.54, 1.807) is 0 Å². The topological polar surface area (TPSA) is 35.1 Å². The molecule has 2 aromatic carbocycles. The Labute approximate surface area is 121 Å². The summed E-state index contributed by atoms with van der Waals surface area (Å²) in [6, 6.07) is 19.5. The molecule has 0 atom stereocenters. The number of benzene rings is 2. The maximum atomic E-state index is 12.4. The molecule has 4 rings (SSSR count). The first-order valence-electron chi connectivity index (χ1n) is 6.87. The third-order valence-corrected chi connectivity index (χ3v) is 3.69. The molecule has 2 heterocycles. The van der Waals surface area contributed by atoms with E-state index in [1.165, 1.54) is 0 Å². The zero-order chi connectivity index (χ0) is 14.2. The molecule has 0 unspecified atom stereocenters. The van der Waals surface area contributed by atoms with Crippen molar-refractivity contribution in [1.29, 1.82) is 0 Å². The van der Waals surface area contributed by atoms with E-state index in [1.807, 2.05) is 71.4 Å². The summed E-state index contributed by atoms with van der Waals surface area (Å²) >= 11 is 0. The zero-order valence-corrected chi connectivity index (χ0v) is 11.3. The van der Waals surface area contributed by atoms with Gasteiger partial charge in [-0.2, -0.15) is 0 Å². The van der Waals surface area contributed by atoms with E-state index in [0.29, 0.717) is 5.76 Å². The summed E-state index contributed by atoms with van der Waals surface area (Å²) in [4.78, 5) is 12.4. The Bertz CT molecular complexity index is 913. The Balaban J connectivity index is 1.69. The fourth-order valence-corrected chi connectivity index (χ4v) is 2.63. The van der Waals surface area contributed by atoms with Gasteiger partial charge in [-0.1, -0.05) is 36.4 Å². The minimum absolute atomic E-state index is 0.0208. The van der Waals surface area contributed by atoms with Crippen LogP contribution in [0.15, 0.2) is 71.3 Å². The lowest BCUT2D eigenvalue weighted by molar-refractivity contribution is 0.0948. The molecule has 4 aromatic rings. The van der Waals surface area contributed by atoms with Crippen LogP contribution in [0.5, 0.6) is 0 Å². The highest BCUT2D eigenvalue weighted by Crippen LogP contribution is 2.21. The van der Waals surface area contributed by atoms with Crippen LogP contribution in [0.3, 0.4) is 0 Å². The number of nitrogens with zero attached hydrogens (tertiary/aromatic N) is 1. The van der Waals surface area contributed by atoms with Crippen LogP contribution in [0, 0.1) is 0 Å². The second kappa shape index (κ2) is 4.63. The molecule has 0 amide bonds. The number of para-hydroxylation sites is 2. The molecule has 3 heteroatoms. The van der Waals surface area contributed by atoms with Crippen molar-refractivity contribution in [2.75, 3.05) is 0 Å². The van der Waals surface area contributed by atoms with Gasteiger partial charge >= 0.3 is 0 Å². The normalized spacial score (nSPS) is 11.2. The lowest BCUT2D eigenvalue weighted by atomic mass is 10.2. The number of aromatic nitrogens is 1. The first-order chi connectivity index (χ1) is 10.3. The second-order valence-corrected chi connectivity index (χ2v) is 5.07. The van der Waals surface area contributed by atoms with Gasteiger partial charge in [-0.15, -0.1) is 0 Å². The molecule has 21 heavy (non-hydrogen) atoms. The lowest BCUT2D eigenvalue weighted by Crippen LogP contribution is -2.08. The Morgan fingerprint density at radius 2 is 1.71 bits per heavy atom. The Hall–Kier alpha value is -2.81. The molecule has 0 spiro atoms. The molecule has 0 fully saturated rings. The van der Waals surface area contributed by atoms with Crippen LogP contribution in [-0.2, 0) is 6.54 Å². The molecule has 0 aliphatic heterocycles. The summed E-state index contributed by atoms with van der Waals surface area (Å²) in [6.07, 6.45) is 1.94. The Kier molecular flexibility index (Phi) is 2.64. The maximum absolute atomic E-state index is 12.4. The quantitative estimate of drug-likeness (QED) is 0.523. The number of rotatable bonds is 3. The lowest BCUT2D eigenvalue weighted by Gasteiger charge is -2.02. The third kappa shape index (κ3) is 2.03. The highest BCUT2D eigenvalue weighted by molar-refractivity contribution is 5.98. The van der Waals surface area contributed by atoms with Crippen LogP contribution in [0.4, 0.5) is 0 Å². The van der Waals surface area contributed by atoms with E-state index in [9.17, 15) is 4.79 Å². The number of ketones is 1. The molecular weight excluding hydrogens is 262 g/mol. The van der Waals surface area contributed by atoms with Crippen molar-refractivity contribution in [3.05, 3.63) is 72.6 Å². The fourth-order valence-electron chi connectivity index (χ4n) is 2.63. The van der Waals surface area contributed by atoms with Gasteiger partial charge in [-0.3, -0.25) is 4.79 Å². The van der Waals surface area contributed by atoms with E-state index in [0.717, 1.165) is 21.9 Å². The van der Waals surface area contributed by atoms with Gasteiger partial charge in [0.1, 0.15) is 5.58 Å². The molecule has 2 aromatic heterocycles. The molecule has 0 radical (unpaired) electrons. The van der Waals surface area contributed by atoms with Crippen LogP contribution in [0.25, 0.3) is 21.9 Å². The standard InChI is InChI=1S/C18H13NO2/c20-16(18-11-14-6-2-4-8-17(14)21-18)12-19-10-9-13-5-1-3-7-15(13)19/h1-11H,12H2. The van der Waals surface area contributed by atoms with Gasteiger partial charge in [0.05, 0.1) is 6.54 Å². The van der Waals surface area contributed by atoms with Gasteiger partial charge in [-0.05, 0) is 29.7 Å². The van der Waals surface area contributed by atoms with Crippen molar-refractivity contribution in [3.8, 4) is 0 Å². The fraction of sp³-hybridized carbons (Fsp3) is 0.0556. The summed E-state index contributed by atoms with van der Waals surface area (Å²) in [5.74, 6) is 0.390. The van der Waals surface area contributed by atoms with Gasteiger partial charge in [0.25, 0.3) is 0 Å². The SMILES string of the molecule is O=C(Cn1ccc2ccccc21)c1cc2ccccc2o1. The minimum atomic E-state index is -0.0208. The van der Waals surface area contributed by atoms with Gasteiger partial charge in [0.15, 0.2) is 5.76 Å². The van der Waals surface area contributed by atoms with Crippen LogP contribution in [0.2, 0.25) is 0 Å². The average molecular weight is 275 g/mol. The number of furan rings is 1. The number of carbonyl (C=O) groups excluding carboxylic acids is 1. The highest BCUT2D eigenvalue weighted by Gasteiger charge is 2.13. The van der Waals surface area contributed by atoms with Crippen molar-refractivity contribution >= 4 is 27.7 Å². The summed E-state index contributed by atoms with van der Waals surface area (Å²) in [5, 5.41) is 2.09. The van der Waals surface area contributed by atoms with Crippen molar-refractivity contribution in [1.82, 2.24) is 4.57 Å². The molecule has 3 nitrogen and oxygen atoms in total. The van der Waals surface area contributed by atoms with Crippen LogP contribution >= 0.6 is 0 Å². The maximum Gasteiger partial charge on any atom is 0.217 e. The number of fused-ring (bicyclic) bond motifs is 2. The van der Waals surface area contributed by atoms with Gasteiger partial charge in [0.2, 0.25) is 5.78 Å². The molecule has 0 saturated heterocycles. The number of hydrogen-bond acceptors (Lipinski definition) is 2. The minimum Gasteiger partial charge on any atom is -0.453 e. The number of carbonyl (C=O) groups is 1. The van der Waals surface area contributed by atoms with Crippen molar-refractivity contribution in [2.24, 2.45) is 0 Å². The van der Waals surface area contributed by atoms with Crippen molar-refractivity contribution in [3.63, 3.8) is 0 Å². The summed E-state index contributed by atoms with van der Waals surface area (Å²) in [7, 11) is 0. The average Bonchev–Trinajstić information content (AvgIpc) is 3.11. The molecular formula is C18H13NO2. The largest absolute Gasteiger partial charge is 0.453 e. The molecule has 0 saturated carbocycles. The van der Waals surface area contributed by atoms with Crippen LogP contribution in [0.1, 0.15) is 10.6 Å². The van der Waals surface area contributed by atoms with Crippen LogP contribution < -0.4 is 0 Å². The molecule has 0 aliphatic rings. The highest BCUT2D eigenvalue weighted by atomic mass is 16.3. The number of hydrogen-bond donors (Lipinski definition) is 0. The van der Waals surface area contributed by atoms with E-state index >= 15 is 0 Å². The molecule has 0 bridgehead atoms. The summed E-state index contributed by atoms with van der Waals surface area (Å²) < 4.78 is 7.58. The third-order valence-electron chi connectivity index (χ3n) is 3.69. The Morgan fingerprint density at radius 1 is 0.952 bits per heavy atom. The zero-order valence-electron chi connectivity index (χ0n) is 11.3. The van der Waals surface area contributed by atoms with E-state index < -0.39 is 0 Å². The number of Topliss-reactive ketones (excluding diaryl/α,β-unsaturated/α-hetero) is 1. The van der Waals surface area contributed by atoms with E-state index in [4.69, 9.17) is 4.42 Å². The van der Waals surface area contributed by atoms with Crippen molar-refractivity contribution in [2.45, 2.75) is 6.54 Å². The van der Waals surface area contributed by atoms with Gasteiger partial charge < -0.3 is 8.98 Å². The van der Waals surface area contributed by atoms with E-state index in [-0.39, 0.29) is 12.3 Å². The van der Waals surface area contributed by atoms with Crippen molar-refractivity contribution < 1.29 is 9.21 Å². The first kappa shape index (κ1) is 12.0. The van der Waals surface area contributed by atoms with Crippen LogP contribution in [-0.4, -0.2) is 10.4 Å².